The van der Waals surface area contributed by atoms with E-state index in [-0.39, 0.29) is 11.6 Å². The van der Waals surface area contributed by atoms with Crippen LogP contribution in [-0.4, -0.2) is 21.5 Å². The zero-order valence-corrected chi connectivity index (χ0v) is 10.9. The third kappa shape index (κ3) is 4.28. The van der Waals surface area contributed by atoms with Crippen LogP contribution in [0.3, 0.4) is 0 Å². The van der Waals surface area contributed by atoms with Crippen LogP contribution in [0, 0.1) is 0 Å². The van der Waals surface area contributed by atoms with Crippen molar-refractivity contribution in [2.45, 2.75) is 12.6 Å². The summed E-state index contributed by atoms with van der Waals surface area (Å²) in [6.07, 6.45) is -0.691. The number of nitrogens with two attached hydrogens (primary N) is 1. The molecule has 2 rings (SSSR count). The summed E-state index contributed by atoms with van der Waals surface area (Å²) in [5.41, 5.74) is 3.05. The van der Waals surface area contributed by atoms with E-state index >= 15 is 0 Å². The van der Waals surface area contributed by atoms with Gasteiger partial charge in [0.1, 0.15) is 11.6 Å². The Morgan fingerprint density at radius 2 is 1.95 bits per heavy atom. The zero-order chi connectivity index (χ0) is 15.3. The smallest absolute Gasteiger partial charge is 0.370 e. The summed E-state index contributed by atoms with van der Waals surface area (Å²) in [5, 5.41) is 2.81. The van der Waals surface area contributed by atoms with Crippen LogP contribution < -0.4 is 16.6 Å². The molecule has 2 aromatic rings. The molecule has 21 heavy (non-hydrogen) atoms. The van der Waals surface area contributed by atoms with Gasteiger partial charge >= 0.3 is 6.18 Å². The molecule has 112 valence electrons. The first kappa shape index (κ1) is 15.0. The van der Waals surface area contributed by atoms with Crippen LogP contribution in [0.5, 0.6) is 0 Å². The summed E-state index contributed by atoms with van der Waals surface area (Å²) in [7, 11) is 0. The van der Waals surface area contributed by atoms with Gasteiger partial charge in [-0.05, 0) is 18.1 Å². The first-order valence-corrected chi connectivity index (χ1v) is 6.04. The highest BCUT2D eigenvalue weighted by Gasteiger charge is 2.35. The Bertz CT molecular complexity index is 587. The van der Waals surface area contributed by atoms with Crippen LogP contribution >= 0.6 is 0 Å². The fraction of sp³-hybridized carbons (Fsp3) is 0.250. The lowest BCUT2D eigenvalue weighted by Gasteiger charge is -2.11. The van der Waals surface area contributed by atoms with E-state index in [9.17, 15) is 13.2 Å². The predicted molar refractivity (Wildman–Crippen MR) is 71.3 cm³/mol. The Balaban J connectivity index is 2.05. The summed E-state index contributed by atoms with van der Waals surface area (Å²) < 4.78 is 37.9. The summed E-state index contributed by atoms with van der Waals surface area (Å²) in [6, 6.07) is 4.97. The van der Waals surface area contributed by atoms with Crippen molar-refractivity contribution in [2.24, 2.45) is 5.84 Å². The fourth-order valence-electron chi connectivity index (χ4n) is 1.62. The van der Waals surface area contributed by atoms with Crippen molar-refractivity contribution in [3.63, 3.8) is 0 Å². The van der Waals surface area contributed by atoms with Gasteiger partial charge in [0.2, 0.25) is 5.82 Å². The average molecular weight is 298 g/mol. The van der Waals surface area contributed by atoms with Crippen molar-refractivity contribution >= 4 is 11.6 Å². The van der Waals surface area contributed by atoms with E-state index in [2.05, 4.69) is 25.7 Å². The number of nitrogens with one attached hydrogen (secondary N) is 2. The lowest BCUT2D eigenvalue weighted by molar-refractivity contribution is -0.144. The topological polar surface area (TPSA) is 88.8 Å². The van der Waals surface area contributed by atoms with Gasteiger partial charge in [-0.2, -0.15) is 13.2 Å². The van der Waals surface area contributed by atoms with Gasteiger partial charge in [-0.15, -0.1) is 0 Å². The number of aromatic nitrogens is 3. The number of pyridine rings is 1. The molecule has 0 aliphatic rings. The minimum atomic E-state index is -4.63. The third-order valence-corrected chi connectivity index (χ3v) is 2.57. The van der Waals surface area contributed by atoms with Gasteiger partial charge in [-0.1, -0.05) is 6.07 Å². The molecule has 0 spiro atoms. The van der Waals surface area contributed by atoms with Crippen LogP contribution in [0.1, 0.15) is 11.4 Å². The number of hydrogen-bond acceptors (Lipinski definition) is 6. The molecule has 0 bridgehead atoms. The molecule has 0 saturated carbocycles. The van der Waals surface area contributed by atoms with Gasteiger partial charge in [0.05, 0.1) is 0 Å². The summed E-state index contributed by atoms with van der Waals surface area (Å²) >= 11 is 0. The number of nitrogen functional groups attached to an aromatic ring is 1. The number of halogens is 3. The minimum absolute atomic E-state index is 0.0502. The molecule has 0 amide bonds. The van der Waals surface area contributed by atoms with Gasteiger partial charge in [0.15, 0.2) is 0 Å². The number of alkyl halides is 3. The van der Waals surface area contributed by atoms with E-state index in [0.717, 1.165) is 5.56 Å². The van der Waals surface area contributed by atoms with Crippen molar-refractivity contribution < 1.29 is 13.2 Å². The molecule has 4 N–H and O–H groups in total. The van der Waals surface area contributed by atoms with Crippen molar-refractivity contribution in [2.75, 3.05) is 17.3 Å². The molecule has 0 aliphatic carbocycles. The molecule has 2 aromatic heterocycles. The highest BCUT2D eigenvalue weighted by molar-refractivity contribution is 5.47. The van der Waals surface area contributed by atoms with E-state index in [0.29, 0.717) is 13.0 Å². The van der Waals surface area contributed by atoms with Crippen molar-refractivity contribution in [3.05, 3.63) is 42.0 Å². The minimum Gasteiger partial charge on any atom is -0.370 e. The number of anilines is 2. The number of rotatable bonds is 5. The maximum Gasteiger partial charge on any atom is 0.451 e. The van der Waals surface area contributed by atoms with Crippen LogP contribution in [-0.2, 0) is 12.6 Å². The SMILES string of the molecule is NNc1cc(NCCc2cccnc2)nc(C(F)(F)F)n1. The maximum absolute atomic E-state index is 12.6. The van der Waals surface area contributed by atoms with Gasteiger partial charge in [0.25, 0.3) is 0 Å². The van der Waals surface area contributed by atoms with E-state index in [1.807, 2.05) is 6.07 Å². The lowest BCUT2D eigenvalue weighted by atomic mass is 10.2. The molecule has 0 radical (unpaired) electrons. The third-order valence-electron chi connectivity index (χ3n) is 2.57. The van der Waals surface area contributed by atoms with Crippen LogP contribution in [0.4, 0.5) is 24.8 Å². The fourth-order valence-corrected chi connectivity index (χ4v) is 1.62. The normalized spacial score (nSPS) is 11.2. The standard InChI is InChI=1S/C12H13F3N6/c13-12(14,15)11-19-9(6-10(20-11)21-16)18-5-3-8-2-1-4-17-7-8/h1-2,4,6-7H,3,5,16H2,(H2,18,19,20,21). The van der Waals surface area contributed by atoms with Gasteiger partial charge in [-0.3, -0.25) is 4.98 Å². The average Bonchev–Trinajstić information content (AvgIpc) is 2.47. The Kier molecular flexibility index (Phi) is 4.53. The van der Waals surface area contributed by atoms with Crippen molar-refractivity contribution in [1.29, 1.82) is 0 Å². The number of nitrogens with zero attached hydrogens (tertiary/aromatic N) is 3. The maximum atomic E-state index is 12.6. The van der Waals surface area contributed by atoms with Crippen LogP contribution in [0.15, 0.2) is 30.6 Å². The molecule has 0 aliphatic heterocycles. The van der Waals surface area contributed by atoms with E-state index in [1.54, 1.807) is 18.5 Å². The first-order chi connectivity index (χ1) is 9.99. The van der Waals surface area contributed by atoms with E-state index in [1.165, 1.54) is 6.07 Å². The van der Waals surface area contributed by atoms with Crippen LogP contribution in [0.25, 0.3) is 0 Å². The van der Waals surface area contributed by atoms with Gasteiger partial charge in [0, 0.05) is 25.0 Å². The molecule has 0 saturated heterocycles. The second kappa shape index (κ2) is 6.35. The monoisotopic (exact) mass is 298 g/mol. The summed E-state index contributed by atoms with van der Waals surface area (Å²) in [5.74, 6) is 3.80. The van der Waals surface area contributed by atoms with E-state index < -0.39 is 12.0 Å². The van der Waals surface area contributed by atoms with E-state index in [4.69, 9.17) is 5.84 Å². The van der Waals surface area contributed by atoms with Crippen molar-refractivity contribution in [3.8, 4) is 0 Å². The second-order valence-corrected chi connectivity index (χ2v) is 4.14. The lowest BCUT2D eigenvalue weighted by Crippen LogP contribution is -2.17. The zero-order valence-electron chi connectivity index (χ0n) is 10.9. The second-order valence-electron chi connectivity index (χ2n) is 4.14. The molecular formula is C12H13F3N6. The number of hydrazine groups is 1. The molecular weight excluding hydrogens is 285 g/mol. The quantitative estimate of drug-likeness (QED) is 0.576. The Morgan fingerprint density at radius 3 is 2.57 bits per heavy atom. The largest absolute Gasteiger partial charge is 0.451 e. The Labute approximate surface area is 118 Å². The molecule has 2 heterocycles. The summed E-state index contributed by atoms with van der Waals surface area (Å²) in [4.78, 5) is 10.6. The first-order valence-electron chi connectivity index (χ1n) is 6.04. The number of hydrogen-bond donors (Lipinski definition) is 3. The molecule has 0 aromatic carbocycles. The Morgan fingerprint density at radius 1 is 1.19 bits per heavy atom. The summed E-state index contributed by atoms with van der Waals surface area (Å²) in [6.45, 7) is 0.407. The molecule has 0 unspecified atom stereocenters. The highest BCUT2D eigenvalue weighted by Crippen LogP contribution is 2.28. The molecule has 0 atom stereocenters. The Hall–Kier alpha value is -2.42. The molecule has 6 nitrogen and oxygen atoms in total. The molecule has 0 fully saturated rings. The van der Waals surface area contributed by atoms with Gasteiger partial charge < -0.3 is 10.7 Å². The molecule has 9 heteroatoms. The van der Waals surface area contributed by atoms with Crippen LogP contribution in [0.2, 0.25) is 0 Å². The van der Waals surface area contributed by atoms with Gasteiger partial charge in [-0.25, -0.2) is 15.8 Å². The van der Waals surface area contributed by atoms with Crippen molar-refractivity contribution in [1.82, 2.24) is 15.0 Å². The highest BCUT2D eigenvalue weighted by atomic mass is 19.4. The predicted octanol–water partition coefficient (Wildman–Crippen LogP) is 1.83.